The van der Waals surface area contributed by atoms with Gasteiger partial charge in [0, 0.05) is 4.91 Å². The molecule has 0 aliphatic rings. The zero-order valence-corrected chi connectivity index (χ0v) is 2.86. The normalized spacial score (nSPS) is 6.50. The second-order valence-corrected chi connectivity index (χ2v) is 0.812. The van der Waals surface area contributed by atoms with Crippen LogP contribution >= 0.6 is 0 Å². The fourth-order valence-corrected chi connectivity index (χ4v) is 0. The summed E-state index contributed by atoms with van der Waals surface area (Å²) in [4.78, 5) is 9.36. The summed E-state index contributed by atoms with van der Waals surface area (Å²) in [6.45, 7) is 0. The van der Waals surface area contributed by atoms with Crippen molar-refractivity contribution >= 4 is 0 Å². The molecule has 0 aliphatic carbocycles. The number of hydrogen-bond acceptors (Lipinski definition) is 1. The van der Waals surface area contributed by atoms with Gasteiger partial charge in [0.15, 0.2) is 14.1 Å². The summed E-state index contributed by atoms with van der Waals surface area (Å²) in [6.07, 6.45) is 0. The fourth-order valence-electron chi connectivity index (χ4n) is 0. The molecule has 2 heteroatoms. The van der Waals surface area contributed by atoms with Gasteiger partial charge in [-0.2, -0.15) is 0 Å². The summed E-state index contributed by atoms with van der Waals surface area (Å²) in [5.41, 5.74) is 0. The predicted molar refractivity (Wildman–Crippen MR) is 15.5 cm³/mol. The molecule has 0 saturated carbocycles. The van der Waals surface area contributed by atoms with E-state index in [1.165, 1.54) is 14.1 Å². The molecule has 0 fully saturated rings. The number of rotatable bonds is 0. The van der Waals surface area contributed by atoms with Crippen molar-refractivity contribution in [3.63, 3.8) is 0 Å². The standard InChI is InChI=1S/C2H6NO/c1-3(2)4/h1-2H3/q+1. The Balaban J connectivity index is 2.80. The van der Waals surface area contributed by atoms with Crippen molar-refractivity contribution in [3.05, 3.63) is 4.91 Å². The molecule has 0 radical (unpaired) electrons. The van der Waals surface area contributed by atoms with Gasteiger partial charge in [0.05, 0.1) is 0 Å². The SMILES string of the molecule is C[N+](C)=O. The van der Waals surface area contributed by atoms with Gasteiger partial charge in [-0.05, 0) is 4.76 Å². The minimum atomic E-state index is 0.750. The maximum atomic E-state index is 9.36. The summed E-state index contributed by atoms with van der Waals surface area (Å²) in [5.74, 6) is 0. The highest BCUT2D eigenvalue weighted by molar-refractivity contribution is 3.72. The first-order chi connectivity index (χ1) is 1.73. The van der Waals surface area contributed by atoms with Crippen molar-refractivity contribution < 1.29 is 4.76 Å². The number of nitroso groups, excluding NO2 is 1. The lowest BCUT2D eigenvalue weighted by molar-refractivity contribution is -0.486. The third-order valence-corrected chi connectivity index (χ3v) is 0. The zero-order valence-electron chi connectivity index (χ0n) is 2.86. The van der Waals surface area contributed by atoms with E-state index in [1.807, 2.05) is 0 Å². The van der Waals surface area contributed by atoms with E-state index in [1.54, 1.807) is 0 Å². The first kappa shape index (κ1) is 3.60. The third-order valence-electron chi connectivity index (χ3n) is 0. The number of hydrogen-bond donors (Lipinski definition) is 0. The van der Waals surface area contributed by atoms with Crippen LogP contribution in [0.2, 0.25) is 0 Å². The lowest BCUT2D eigenvalue weighted by atomic mass is 11.3. The van der Waals surface area contributed by atoms with Crippen LogP contribution in [0.15, 0.2) is 0 Å². The highest BCUT2D eigenvalue weighted by Gasteiger charge is 1.66. The summed E-state index contributed by atoms with van der Waals surface area (Å²) in [7, 11) is 2.89. The molecule has 0 N–H and O–H groups in total. The van der Waals surface area contributed by atoms with Crippen LogP contribution in [-0.4, -0.2) is 18.9 Å². The molecule has 0 rings (SSSR count). The van der Waals surface area contributed by atoms with Gasteiger partial charge in [0.1, 0.15) is 0 Å². The summed E-state index contributed by atoms with van der Waals surface area (Å²) < 4.78 is 0.750. The van der Waals surface area contributed by atoms with E-state index >= 15 is 0 Å². The second-order valence-electron chi connectivity index (χ2n) is 0.812. The smallest absolute Gasteiger partial charge is 0.00823 e. The van der Waals surface area contributed by atoms with E-state index in [9.17, 15) is 4.91 Å². The monoisotopic (exact) mass is 60.0 g/mol. The van der Waals surface area contributed by atoms with Crippen LogP contribution in [0.3, 0.4) is 0 Å². The van der Waals surface area contributed by atoms with Crippen molar-refractivity contribution in [1.82, 2.24) is 0 Å². The minimum Gasteiger partial charge on any atom is -0.00823 e. The van der Waals surface area contributed by atoms with Crippen molar-refractivity contribution in [3.8, 4) is 0 Å². The molecule has 0 aliphatic heterocycles. The summed E-state index contributed by atoms with van der Waals surface area (Å²) in [6, 6.07) is 0. The Bertz CT molecular complexity index is 29.0. The topological polar surface area (TPSA) is 20.1 Å². The van der Waals surface area contributed by atoms with Crippen LogP contribution in [-0.2, 0) is 0 Å². The van der Waals surface area contributed by atoms with Gasteiger partial charge in [-0.3, -0.25) is 0 Å². The van der Waals surface area contributed by atoms with Crippen LogP contribution in [0.5, 0.6) is 0 Å². The molecule has 0 bridgehead atoms. The fraction of sp³-hybridized carbons (Fsp3) is 1.00. The van der Waals surface area contributed by atoms with Crippen molar-refractivity contribution in [2.45, 2.75) is 0 Å². The first-order valence-corrected chi connectivity index (χ1v) is 1.08. The molecule has 0 aromatic rings. The van der Waals surface area contributed by atoms with Gasteiger partial charge in [0.25, 0.3) is 0 Å². The second kappa shape index (κ2) is 0.985. The van der Waals surface area contributed by atoms with E-state index in [2.05, 4.69) is 0 Å². The van der Waals surface area contributed by atoms with Crippen LogP contribution < -0.4 is 0 Å². The van der Waals surface area contributed by atoms with Crippen LogP contribution in [0.25, 0.3) is 0 Å². The Morgan fingerprint density at radius 1 is 1.50 bits per heavy atom. The predicted octanol–water partition coefficient (Wildman–Crippen LogP) is 0.0249. The van der Waals surface area contributed by atoms with Crippen LogP contribution in [0, 0.1) is 4.91 Å². The highest BCUT2D eigenvalue weighted by Crippen LogP contribution is 1.34. The average Bonchev–Trinajstić information content (AvgIpc) is 0.811. The largest absolute Gasteiger partial charge is 0.182 e. The molecule has 0 aromatic heterocycles. The van der Waals surface area contributed by atoms with Gasteiger partial charge in [-0.25, -0.2) is 0 Å². The lowest BCUT2D eigenvalue weighted by Crippen LogP contribution is -1.83. The molecule has 0 spiro atoms. The molecule has 2 nitrogen and oxygen atoms in total. The first-order valence-electron chi connectivity index (χ1n) is 1.08. The van der Waals surface area contributed by atoms with Crippen molar-refractivity contribution in [2.24, 2.45) is 0 Å². The molecule has 0 saturated heterocycles. The van der Waals surface area contributed by atoms with Crippen LogP contribution in [0.4, 0.5) is 0 Å². The van der Waals surface area contributed by atoms with E-state index in [0.717, 1.165) is 4.76 Å². The Kier molecular flexibility index (Phi) is 0.886. The quantitative estimate of drug-likeness (QED) is 0.361. The summed E-state index contributed by atoms with van der Waals surface area (Å²) >= 11 is 0. The van der Waals surface area contributed by atoms with E-state index in [-0.39, 0.29) is 0 Å². The van der Waals surface area contributed by atoms with E-state index in [4.69, 9.17) is 0 Å². The van der Waals surface area contributed by atoms with E-state index in [0.29, 0.717) is 0 Å². The average molecular weight is 60.1 g/mol. The molecule has 0 amide bonds. The van der Waals surface area contributed by atoms with Gasteiger partial charge in [-0.15, -0.1) is 0 Å². The molecule has 4 heavy (non-hydrogen) atoms. The molecule has 0 heterocycles. The number of nitrogens with zero attached hydrogens (tertiary/aromatic N) is 1. The van der Waals surface area contributed by atoms with E-state index < -0.39 is 0 Å². The minimum absolute atomic E-state index is 0.750. The molecule has 0 unspecified atom stereocenters. The maximum Gasteiger partial charge on any atom is 0.182 e. The Hall–Kier alpha value is -0.400. The molecule has 24 valence electrons. The molecular formula is C2H6NO+. The summed E-state index contributed by atoms with van der Waals surface area (Å²) in [5, 5.41) is 0. The third kappa shape index (κ3) is 3.60. The molecule has 0 aromatic carbocycles. The van der Waals surface area contributed by atoms with Crippen LogP contribution in [0.1, 0.15) is 0 Å². The van der Waals surface area contributed by atoms with Crippen molar-refractivity contribution in [2.75, 3.05) is 14.1 Å². The van der Waals surface area contributed by atoms with Gasteiger partial charge >= 0.3 is 0 Å². The Morgan fingerprint density at radius 2 is 1.50 bits per heavy atom. The lowest BCUT2D eigenvalue weighted by Gasteiger charge is -1.51. The maximum absolute atomic E-state index is 9.36. The van der Waals surface area contributed by atoms with Crippen molar-refractivity contribution in [1.29, 1.82) is 0 Å². The van der Waals surface area contributed by atoms with Gasteiger partial charge < -0.3 is 0 Å². The highest BCUT2D eigenvalue weighted by atomic mass is 16.3. The molecule has 0 atom stereocenters. The van der Waals surface area contributed by atoms with Gasteiger partial charge in [0.2, 0.25) is 0 Å². The Labute approximate surface area is 25.0 Å². The zero-order chi connectivity index (χ0) is 3.58. The Morgan fingerprint density at radius 3 is 1.50 bits per heavy atom. The van der Waals surface area contributed by atoms with Gasteiger partial charge in [-0.1, -0.05) is 0 Å². The molecular weight excluding hydrogens is 54.0 g/mol.